The van der Waals surface area contributed by atoms with Crippen LogP contribution in [-0.2, 0) is 4.79 Å². The van der Waals surface area contributed by atoms with Gasteiger partial charge in [-0.2, -0.15) is 0 Å². The van der Waals surface area contributed by atoms with Crippen molar-refractivity contribution in [1.82, 2.24) is 0 Å². The zero-order valence-corrected chi connectivity index (χ0v) is 16.6. The van der Waals surface area contributed by atoms with Crippen LogP contribution < -0.4 is 19.7 Å². The first-order valence-electron chi connectivity index (χ1n) is 9.77. The predicted octanol–water partition coefficient (Wildman–Crippen LogP) is 4.87. The number of amides is 2. The molecule has 6 heteroatoms. The maximum Gasteiger partial charge on any atom is 0.255 e. The van der Waals surface area contributed by atoms with Gasteiger partial charge < -0.3 is 19.7 Å². The molecule has 6 nitrogen and oxygen atoms in total. The molecule has 152 valence electrons. The topological polar surface area (TPSA) is 67.9 Å². The van der Waals surface area contributed by atoms with Crippen LogP contribution in [0.15, 0.2) is 72.8 Å². The van der Waals surface area contributed by atoms with Gasteiger partial charge in [-0.1, -0.05) is 24.3 Å². The smallest absolute Gasteiger partial charge is 0.255 e. The molecule has 0 radical (unpaired) electrons. The van der Waals surface area contributed by atoms with Crippen LogP contribution in [0.2, 0.25) is 0 Å². The summed E-state index contributed by atoms with van der Waals surface area (Å²) in [5.41, 5.74) is 1.78. The third kappa shape index (κ3) is 4.27. The molecule has 3 aromatic rings. The van der Waals surface area contributed by atoms with Gasteiger partial charge in [0.15, 0.2) is 0 Å². The lowest BCUT2D eigenvalue weighted by Crippen LogP contribution is -2.24. The minimum absolute atomic E-state index is 0.0836. The SMILES string of the molecule is COc1cc(NC(=O)c2cccc(Oc3ccccc3)c2)ccc1N1CCCC1=O. The summed E-state index contributed by atoms with van der Waals surface area (Å²) in [4.78, 5) is 26.5. The Morgan fingerprint density at radius 2 is 1.77 bits per heavy atom. The molecular weight excluding hydrogens is 380 g/mol. The standard InChI is InChI=1S/C24H22N2O4/c1-29-22-16-18(12-13-21(22)26-14-6-11-23(26)27)25-24(28)17-7-5-10-20(15-17)30-19-8-3-2-4-9-19/h2-5,7-10,12-13,15-16H,6,11,14H2,1H3,(H,25,28). The number of methoxy groups -OCH3 is 1. The Morgan fingerprint density at radius 1 is 0.967 bits per heavy atom. The second-order valence-corrected chi connectivity index (χ2v) is 6.93. The molecule has 2 amide bonds. The molecule has 1 N–H and O–H groups in total. The molecule has 0 atom stereocenters. The van der Waals surface area contributed by atoms with Gasteiger partial charge in [-0.3, -0.25) is 9.59 Å². The molecule has 0 unspecified atom stereocenters. The number of carbonyl (C=O) groups is 2. The Balaban J connectivity index is 1.50. The van der Waals surface area contributed by atoms with Crippen molar-refractivity contribution < 1.29 is 19.1 Å². The number of nitrogens with zero attached hydrogens (tertiary/aromatic N) is 1. The number of carbonyl (C=O) groups excluding carboxylic acids is 2. The molecule has 1 aliphatic heterocycles. The van der Waals surface area contributed by atoms with E-state index >= 15 is 0 Å². The normalized spacial score (nSPS) is 13.2. The van der Waals surface area contributed by atoms with Gasteiger partial charge in [0.1, 0.15) is 17.2 Å². The fourth-order valence-electron chi connectivity index (χ4n) is 3.41. The van der Waals surface area contributed by atoms with E-state index in [9.17, 15) is 9.59 Å². The van der Waals surface area contributed by atoms with Crippen LogP contribution in [0.25, 0.3) is 0 Å². The average molecular weight is 402 g/mol. The number of ether oxygens (including phenoxy) is 2. The number of para-hydroxylation sites is 1. The highest BCUT2D eigenvalue weighted by molar-refractivity contribution is 6.05. The molecule has 3 aromatic carbocycles. The molecule has 0 bridgehead atoms. The second-order valence-electron chi connectivity index (χ2n) is 6.93. The molecule has 0 aliphatic carbocycles. The number of nitrogens with one attached hydrogen (secondary N) is 1. The minimum atomic E-state index is -0.263. The predicted molar refractivity (Wildman–Crippen MR) is 115 cm³/mol. The van der Waals surface area contributed by atoms with Gasteiger partial charge in [0, 0.05) is 30.3 Å². The summed E-state index contributed by atoms with van der Waals surface area (Å²) < 4.78 is 11.3. The number of benzene rings is 3. The van der Waals surface area contributed by atoms with Crippen molar-refractivity contribution in [2.45, 2.75) is 12.8 Å². The fourth-order valence-corrected chi connectivity index (χ4v) is 3.41. The first kappa shape index (κ1) is 19.5. The molecule has 1 aliphatic rings. The van der Waals surface area contributed by atoms with E-state index in [0.717, 1.165) is 12.1 Å². The average Bonchev–Trinajstić information content (AvgIpc) is 3.20. The molecule has 30 heavy (non-hydrogen) atoms. The van der Waals surface area contributed by atoms with E-state index < -0.39 is 0 Å². The van der Waals surface area contributed by atoms with Gasteiger partial charge in [-0.15, -0.1) is 0 Å². The Morgan fingerprint density at radius 3 is 2.50 bits per heavy atom. The lowest BCUT2D eigenvalue weighted by atomic mass is 10.2. The Kier molecular flexibility index (Phi) is 5.66. The Labute approximate surface area is 175 Å². The van der Waals surface area contributed by atoms with Crippen molar-refractivity contribution in [2.75, 3.05) is 23.9 Å². The third-order valence-electron chi connectivity index (χ3n) is 4.88. The Bertz CT molecular complexity index is 1070. The molecule has 1 heterocycles. The van der Waals surface area contributed by atoms with Crippen molar-refractivity contribution in [1.29, 1.82) is 0 Å². The van der Waals surface area contributed by atoms with E-state index in [1.165, 1.54) is 0 Å². The summed E-state index contributed by atoms with van der Waals surface area (Å²) in [5.74, 6) is 1.64. The van der Waals surface area contributed by atoms with E-state index in [2.05, 4.69) is 5.32 Å². The van der Waals surface area contributed by atoms with Gasteiger partial charge >= 0.3 is 0 Å². The summed E-state index contributed by atoms with van der Waals surface area (Å²) >= 11 is 0. The molecule has 0 saturated carbocycles. The van der Waals surface area contributed by atoms with Crippen molar-refractivity contribution in [3.8, 4) is 17.2 Å². The van der Waals surface area contributed by atoms with Gasteiger partial charge in [-0.25, -0.2) is 0 Å². The lowest BCUT2D eigenvalue weighted by Gasteiger charge is -2.19. The number of rotatable bonds is 6. The van der Waals surface area contributed by atoms with Gasteiger partial charge in [0.25, 0.3) is 5.91 Å². The molecular formula is C24H22N2O4. The van der Waals surface area contributed by atoms with Crippen molar-refractivity contribution in [3.05, 3.63) is 78.4 Å². The van der Waals surface area contributed by atoms with Crippen LogP contribution in [-0.4, -0.2) is 25.5 Å². The van der Waals surface area contributed by atoms with E-state index in [1.807, 2.05) is 30.3 Å². The lowest BCUT2D eigenvalue weighted by molar-refractivity contribution is -0.117. The largest absolute Gasteiger partial charge is 0.494 e. The van der Waals surface area contributed by atoms with E-state index in [1.54, 1.807) is 54.5 Å². The van der Waals surface area contributed by atoms with Crippen LogP contribution in [0.4, 0.5) is 11.4 Å². The zero-order valence-electron chi connectivity index (χ0n) is 16.6. The third-order valence-corrected chi connectivity index (χ3v) is 4.88. The Hall–Kier alpha value is -3.80. The minimum Gasteiger partial charge on any atom is -0.494 e. The molecule has 0 aromatic heterocycles. The number of anilines is 2. The van der Waals surface area contributed by atoms with Crippen LogP contribution in [0, 0.1) is 0 Å². The van der Waals surface area contributed by atoms with Crippen LogP contribution in [0.1, 0.15) is 23.2 Å². The van der Waals surface area contributed by atoms with E-state index in [-0.39, 0.29) is 11.8 Å². The van der Waals surface area contributed by atoms with Crippen molar-refractivity contribution >= 4 is 23.2 Å². The van der Waals surface area contributed by atoms with Crippen molar-refractivity contribution in [3.63, 3.8) is 0 Å². The first-order valence-corrected chi connectivity index (χ1v) is 9.77. The van der Waals surface area contributed by atoms with Gasteiger partial charge in [0.2, 0.25) is 5.91 Å². The molecule has 1 saturated heterocycles. The highest BCUT2D eigenvalue weighted by Gasteiger charge is 2.24. The quantitative estimate of drug-likeness (QED) is 0.639. The van der Waals surface area contributed by atoms with E-state index in [4.69, 9.17) is 9.47 Å². The summed E-state index contributed by atoms with van der Waals surface area (Å²) in [5, 5.41) is 2.88. The summed E-state index contributed by atoms with van der Waals surface area (Å²) in [6.45, 7) is 0.676. The first-order chi connectivity index (χ1) is 14.6. The molecule has 0 spiro atoms. The van der Waals surface area contributed by atoms with Crippen molar-refractivity contribution in [2.24, 2.45) is 0 Å². The zero-order chi connectivity index (χ0) is 20.9. The van der Waals surface area contributed by atoms with Crippen LogP contribution in [0.5, 0.6) is 17.2 Å². The van der Waals surface area contributed by atoms with Gasteiger partial charge in [-0.05, 0) is 48.9 Å². The highest BCUT2D eigenvalue weighted by Crippen LogP contribution is 2.34. The van der Waals surface area contributed by atoms with Crippen LogP contribution >= 0.6 is 0 Å². The number of hydrogen-bond donors (Lipinski definition) is 1. The van der Waals surface area contributed by atoms with Crippen LogP contribution in [0.3, 0.4) is 0 Å². The van der Waals surface area contributed by atoms with E-state index in [0.29, 0.717) is 41.5 Å². The van der Waals surface area contributed by atoms with Gasteiger partial charge in [0.05, 0.1) is 12.8 Å². The maximum atomic E-state index is 12.7. The second kappa shape index (κ2) is 8.69. The molecule has 4 rings (SSSR count). The summed E-state index contributed by atoms with van der Waals surface area (Å²) in [6, 6.07) is 21.7. The summed E-state index contributed by atoms with van der Waals surface area (Å²) in [7, 11) is 1.55. The fraction of sp³-hybridized carbons (Fsp3) is 0.167. The molecule has 1 fully saturated rings. The monoisotopic (exact) mass is 402 g/mol. The summed E-state index contributed by atoms with van der Waals surface area (Å²) in [6.07, 6.45) is 1.38. The highest BCUT2D eigenvalue weighted by atomic mass is 16.5. The number of hydrogen-bond acceptors (Lipinski definition) is 4. The maximum absolute atomic E-state index is 12.7.